The fourth-order valence-corrected chi connectivity index (χ4v) is 9.06. The molecule has 0 saturated heterocycles. The SMILES string of the molecule is CCn1c(O)c(N=Nc2ccc(-c3ccc(N=Nc4c(C)c(C(=O)NC(C)CCCC(C)C)c(=O)n(CC)c4O)cc3S(=O)(=O)O)c(S(=O)(=O)O)c2)c(C)c(C(=O)NC(C)CCCC(C)C)c1=O. The number of aromatic nitrogens is 2. The van der Waals surface area contributed by atoms with Gasteiger partial charge < -0.3 is 20.8 Å². The van der Waals surface area contributed by atoms with Crippen molar-refractivity contribution in [3.8, 4) is 22.9 Å². The minimum absolute atomic E-state index is 0.0182. The van der Waals surface area contributed by atoms with Gasteiger partial charge in [0.25, 0.3) is 43.2 Å². The molecule has 20 nitrogen and oxygen atoms in total. The van der Waals surface area contributed by atoms with Gasteiger partial charge in [0.05, 0.1) is 11.4 Å². The lowest BCUT2D eigenvalue weighted by atomic mass is 10.0. The Labute approximate surface area is 396 Å². The van der Waals surface area contributed by atoms with E-state index in [-0.39, 0.29) is 70.2 Å². The van der Waals surface area contributed by atoms with Gasteiger partial charge in [0.2, 0.25) is 11.8 Å². The Morgan fingerprint density at radius 3 is 1.22 bits per heavy atom. The maximum absolute atomic E-state index is 13.4. The standard InChI is InChI=1S/C46H62N8O12S2/c1-11-53-43(57)37(41(55)47-27(7)17-13-15-25(3)4)29(9)39(45(53)59)51-49-31-19-21-33(35(23-31)67(61,62)63)34-22-20-32(24-36(34)68(64,65)66)50-52-40-30(10)38(44(58)54(12-2)46(40)60)42(56)48-28(8)18-14-16-26(5)6/h19-28,59-60H,11-18H2,1-10H3,(H,47,55)(H,48,56)(H,61,62,63)(H,64,65,66). The summed E-state index contributed by atoms with van der Waals surface area (Å²) in [6, 6.07) is 5.67. The second kappa shape index (κ2) is 22.8. The Bertz CT molecular complexity index is 2760. The number of nitrogens with one attached hydrogen (secondary N) is 2. The van der Waals surface area contributed by atoms with Crippen molar-refractivity contribution in [2.24, 2.45) is 32.3 Å². The molecular formula is C46H62N8O12S2. The Morgan fingerprint density at radius 1 is 0.588 bits per heavy atom. The highest BCUT2D eigenvalue weighted by molar-refractivity contribution is 7.86. The van der Waals surface area contributed by atoms with Gasteiger partial charge in [-0.25, -0.2) is 0 Å². The first-order valence-electron chi connectivity index (χ1n) is 22.3. The lowest BCUT2D eigenvalue weighted by Gasteiger charge is -2.18. The van der Waals surface area contributed by atoms with Crippen LogP contribution in [0.5, 0.6) is 11.8 Å². The summed E-state index contributed by atoms with van der Waals surface area (Å²) >= 11 is 0. The van der Waals surface area contributed by atoms with Crippen LogP contribution in [0.15, 0.2) is 76.2 Å². The molecule has 2 aromatic carbocycles. The summed E-state index contributed by atoms with van der Waals surface area (Å²) in [4.78, 5) is 51.9. The molecule has 4 aromatic rings. The summed E-state index contributed by atoms with van der Waals surface area (Å²) in [5.41, 5.74) is -4.02. The van der Waals surface area contributed by atoms with Crippen molar-refractivity contribution < 1.29 is 45.7 Å². The van der Waals surface area contributed by atoms with E-state index in [0.717, 1.165) is 59.1 Å². The van der Waals surface area contributed by atoms with Crippen LogP contribution in [0.1, 0.15) is 126 Å². The van der Waals surface area contributed by atoms with Crippen LogP contribution >= 0.6 is 0 Å². The molecule has 0 aliphatic carbocycles. The predicted molar refractivity (Wildman–Crippen MR) is 257 cm³/mol. The lowest BCUT2D eigenvalue weighted by molar-refractivity contribution is 0.0926. The third kappa shape index (κ3) is 13.1. The average Bonchev–Trinajstić information content (AvgIpc) is 3.22. The third-order valence-electron chi connectivity index (χ3n) is 11.3. The number of pyridine rings is 2. The normalized spacial score (nSPS) is 13.2. The van der Waals surface area contributed by atoms with Crippen LogP contribution in [0.3, 0.4) is 0 Å². The molecule has 0 aliphatic rings. The molecule has 2 unspecified atom stereocenters. The number of carbonyl (C=O) groups is 2. The molecule has 0 bridgehead atoms. The van der Waals surface area contributed by atoms with Crippen LogP contribution in [0, 0.1) is 25.7 Å². The molecule has 2 aromatic heterocycles. The highest BCUT2D eigenvalue weighted by Gasteiger charge is 2.28. The molecule has 22 heteroatoms. The van der Waals surface area contributed by atoms with E-state index in [1.807, 2.05) is 13.8 Å². The number of aromatic hydroxyl groups is 2. The molecule has 0 radical (unpaired) electrons. The van der Waals surface area contributed by atoms with Crippen LogP contribution in [0.25, 0.3) is 11.1 Å². The van der Waals surface area contributed by atoms with Gasteiger partial charge >= 0.3 is 0 Å². The van der Waals surface area contributed by atoms with Gasteiger partial charge in [0.15, 0.2) is 0 Å². The van der Waals surface area contributed by atoms with Crippen LogP contribution in [0.2, 0.25) is 0 Å². The predicted octanol–water partition coefficient (Wildman–Crippen LogP) is 8.96. The summed E-state index contributed by atoms with van der Waals surface area (Å²) in [5, 5.41) is 44.0. The smallest absolute Gasteiger partial charge is 0.295 e. The molecule has 68 heavy (non-hydrogen) atoms. The van der Waals surface area contributed by atoms with Crippen molar-refractivity contribution in [1.29, 1.82) is 0 Å². The number of rotatable bonds is 21. The highest BCUT2D eigenvalue weighted by atomic mass is 32.2. The highest BCUT2D eigenvalue weighted by Crippen LogP contribution is 2.39. The number of hydrogen-bond donors (Lipinski definition) is 6. The Hall–Kier alpha value is -6.10. The van der Waals surface area contributed by atoms with Crippen LogP contribution in [0.4, 0.5) is 22.7 Å². The number of benzene rings is 2. The number of azo groups is 2. The number of hydrogen-bond acceptors (Lipinski definition) is 14. The summed E-state index contributed by atoms with van der Waals surface area (Å²) in [6.45, 7) is 17.8. The number of amides is 2. The van der Waals surface area contributed by atoms with Crippen molar-refractivity contribution in [2.75, 3.05) is 0 Å². The number of carbonyl (C=O) groups excluding carboxylic acids is 2. The summed E-state index contributed by atoms with van der Waals surface area (Å²) < 4.78 is 74.0. The number of nitrogens with zero attached hydrogens (tertiary/aromatic N) is 6. The zero-order valence-electron chi connectivity index (χ0n) is 40.0. The van der Waals surface area contributed by atoms with Crippen molar-refractivity contribution in [2.45, 2.75) is 143 Å². The molecule has 0 aliphatic heterocycles. The van der Waals surface area contributed by atoms with E-state index in [2.05, 4.69) is 58.8 Å². The fourth-order valence-electron chi connectivity index (χ4n) is 7.61. The summed E-state index contributed by atoms with van der Waals surface area (Å²) in [5.74, 6) is -1.68. The molecule has 2 amide bonds. The van der Waals surface area contributed by atoms with Gasteiger partial charge in [-0.3, -0.25) is 37.4 Å². The van der Waals surface area contributed by atoms with E-state index in [1.54, 1.807) is 13.8 Å². The van der Waals surface area contributed by atoms with Gasteiger partial charge in [0, 0.05) is 47.4 Å². The molecule has 2 heterocycles. The molecule has 2 atom stereocenters. The van der Waals surface area contributed by atoms with Gasteiger partial charge in [-0.15, -0.1) is 10.2 Å². The van der Waals surface area contributed by atoms with E-state index in [0.29, 0.717) is 24.7 Å². The zero-order chi connectivity index (χ0) is 51.0. The van der Waals surface area contributed by atoms with E-state index in [1.165, 1.54) is 26.0 Å². The van der Waals surface area contributed by atoms with E-state index >= 15 is 0 Å². The minimum atomic E-state index is -5.18. The van der Waals surface area contributed by atoms with Gasteiger partial charge in [0.1, 0.15) is 32.3 Å². The monoisotopic (exact) mass is 982 g/mol. The largest absolute Gasteiger partial charge is 0.493 e. The van der Waals surface area contributed by atoms with Crippen molar-refractivity contribution >= 4 is 54.8 Å². The van der Waals surface area contributed by atoms with Gasteiger partial charge in [-0.2, -0.15) is 27.1 Å². The Kier molecular flexibility index (Phi) is 18.3. The molecular weight excluding hydrogens is 921 g/mol. The third-order valence-corrected chi connectivity index (χ3v) is 13.1. The lowest BCUT2D eigenvalue weighted by Crippen LogP contribution is -2.38. The van der Waals surface area contributed by atoms with E-state index in [4.69, 9.17) is 0 Å². The first kappa shape index (κ1) is 54.5. The summed E-state index contributed by atoms with van der Waals surface area (Å²) in [6.07, 6.45) is 4.91. The van der Waals surface area contributed by atoms with Crippen molar-refractivity contribution in [3.63, 3.8) is 0 Å². The summed E-state index contributed by atoms with van der Waals surface area (Å²) in [7, 11) is -10.4. The van der Waals surface area contributed by atoms with Crippen molar-refractivity contribution in [3.05, 3.63) is 79.4 Å². The quantitative estimate of drug-likeness (QED) is 0.0337. The second-order valence-corrected chi connectivity index (χ2v) is 20.3. The maximum atomic E-state index is 13.4. The van der Waals surface area contributed by atoms with Crippen LogP contribution < -0.4 is 21.8 Å². The van der Waals surface area contributed by atoms with E-state index < -0.39 is 75.8 Å². The van der Waals surface area contributed by atoms with Gasteiger partial charge in [-0.1, -0.05) is 65.5 Å². The molecule has 370 valence electrons. The molecule has 0 fully saturated rings. The second-order valence-electron chi connectivity index (χ2n) is 17.6. The maximum Gasteiger partial charge on any atom is 0.295 e. The van der Waals surface area contributed by atoms with E-state index in [9.17, 15) is 55.3 Å². The first-order chi connectivity index (χ1) is 31.7. The van der Waals surface area contributed by atoms with Crippen LogP contribution in [-0.2, 0) is 33.3 Å². The molecule has 4 rings (SSSR count). The minimum Gasteiger partial charge on any atom is -0.493 e. The topological polar surface area (TPSA) is 301 Å². The first-order valence-corrected chi connectivity index (χ1v) is 25.2. The van der Waals surface area contributed by atoms with Crippen LogP contribution in [-0.4, -0.2) is 69.2 Å². The average molecular weight is 983 g/mol. The van der Waals surface area contributed by atoms with Crippen molar-refractivity contribution in [1.82, 2.24) is 19.8 Å². The Morgan fingerprint density at radius 2 is 0.926 bits per heavy atom. The molecule has 0 spiro atoms. The van der Waals surface area contributed by atoms with Gasteiger partial charge in [-0.05, 0) is 90.5 Å². The molecule has 6 N–H and O–H groups in total. The molecule has 0 saturated carbocycles. The Balaban J connectivity index is 1.77. The fraction of sp³-hybridized carbons (Fsp3) is 0.478. The zero-order valence-corrected chi connectivity index (χ0v) is 41.6.